The summed E-state index contributed by atoms with van der Waals surface area (Å²) in [6.45, 7) is 8.71. The molecule has 3 heteroatoms. The van der Waals surface area contributed by atoms with Crippen LogP contribution in [0.1, 0.15) is 18.7 Å². The van der Waals surface area contributed by atoms with Crippen LogP contribution in [0.3, 0.4) is 0 Å². The molecule has 70 valence electrons. The highest BCUT2D eigenvalue weighted by Gasteiger charge is 2.14. The number of furan rings is 1. The van der Waals surface area contributed by atoms with E-state index < -0.39 is 0 Å². The van der Waals surface area contributed by atoms with Crippen LogP contribution in [-0.2, 0) is 0 Å². The van der Waals surface area contributed by atoms with E-state index in [-0.39, 0.29) is 6.04 Å². The van der Waals surface area contributed by atoms with Gasteiger partial charge in [-0.3, -0.25) is 0 Å². The number of rotatable bonds is 1. The number of nitrogens with zero attached hydrogens (tertiary/aromatic N) is 1. The first kappa shape index (κ1) is 9.11. The summed E-state index contributed by atoms with van der Waals surface area (Å²) < 4.78 is 5.50. The molecule has 1 unspecified atom stereocenters. The quantitative estimate of drug-likeness (QED) is 0.642. The normalized spacial score (nSPS) is 12.6. The van der Waals surface area contributed by atoms with E-state index in [1.165, 1.54) is 0 Å². The minimum Gasteiger partial charge on any atom is -0.453 e. The van der Waals surface area contributed by atoms with E-state index in [1.54, 1.807) is 6.07 Å². The van der Waals surface area contributed by atoms with Crippen molar-refractivity contribution in [1.82, 2.24) is 0 Å². The van der Waals surface area contributed by atoms with Crippen molar-refractivity contribution in [3.63, 3.8) is 0 Å². The molecule has 0 aliphatic rings. The Kier molecular flexibility index (Phi) is 2.18. The summed E-state index contributed by atoms with van der Waals surface area (Å²) in [5.41, 5.74) is 0.778. The minimum absolute atomic E-state index is 0.235. The molecular weight excluding hydrogens is 198 g/mol. The highest BCUT2D eigenvalue weighted by atomic mass is 35.5. The maximum atomic E-state index is 6.90. The fraction of sp³-hybridized carbons (Fsp3) is 0.182. The summed E-state index contributed by atoms with van der Waals surface area (Å²) in [4.78, 5) is 3.40. The van der Waals surface area contributed by atoms with E-state index in [9.17, 15) is 0 Å². The van der Waals surface area contributed by atoms with E-state index in [2.05, 4.69) is 4.85 Å². The van der Waals surface area contributed by atoms with Gasteiger partial charge in [-0.15, -0.1) is 0 Å². The Morgan fingerprint density at radius 2 is 2.21 bits per heavy atom. The fourth-order valence-corrected chi connectivity index (χ4v) is 1.48. The molecule has 0 N–H and O–H groups in total. The average molecular weight is 206 g/mol. The largest absolute Gasteiger partial charge is 0.453 e. The van der Waals surface area contributed by atoms with Crippen LogP contribution in [0.4, 0.5) is 0 Å². The summed E-state index contributed by atoms with van der Waals surface area (Å²) >= 11 is 5.84. The van der Waals surface area contributed by atoms with Gasteiger partial charge in [0, 0.05) is 17.3 Å². The lowest BCUT2D eigenvalue weighted by atomic mass is 10.2. The Hall–Kier alpha value is -1.46. The van der Waals surface area contributed by atoms with Gasteiger partial charge in [0.15, 0.2) is 5.76 Å². The second-order valence-electron chi connectivity index (χ2n) is 3.14. The Bertz CT molecular complexity index is 509. The molecule has 1 aromatic carbocycles. The second kappa shape index (κ2) is 3.36. The zero-order valence-corrected chi connectivity index (χ0v) is 8.38. The molecule has 0 aliphatic carbocycles. The van der Waals surface area contributed by atoms with Crippen LogP contribution in [-0.4, -0.2) is 0 Å². The SMILES string of the molecule is [C-]#[N+]C(C)c1cc2cc(Cl)ccc2o1. The van der Waals surface area contributed by atoms with Crippen molar-refractivity contribution >= 4 is 22.6 Å². The zero-order valence-electron chi connectivity index (χ0n) is 7.62. The molecule has 0 radical (unpaired) electrons. The molecule has 2 nitrogen and oxygen atoms in total. The van der Waals surface area contributed by atoms with Gasteiger partial charge in [-0.05, 0) is 24.3 Å². The maximum absolute atomic E-state index is 6.90. The Labute approximate surface area is 86.9 Å². The van der Waals surface area contributed by atoms with Gasteiger partial charge in [-0.25, -0.2) is 6.57 Å². The van der Waals surface area contributed by atoms with Gasteiger partial charge in [-0.2, -0.15) is 0 Å². The predicted octanol–water partition coefficient (Wildman–Crippen LogP) is 4.07. The first-order valence-electron chi connectivity index (χ1n) is 4.26. The number of hydrogen-bond donors (Lipinski definition) is 0. The van der Waals surface area contributed by atoms with Crippen molar-refractivity contribution in [2.45, 2.75) is 13.0 Å². The molecule has 0 fully saturated rings. The van der Waals surface area contributed by atoms with Crippen molar-refractivity contribution in [3.8, 4) is 0 Å². The molecule has 1 heterocycles. The van der Waals surface area contributed by atoms with Crippen LogP contribution in [0.2, 0.25) is 5.02 Å². The summed E-state index contributed by atoms with van der Waals surface area (Å²) in [7, 11) is 0. The molecule has 14 heavy (non-hydrogen) atoms. The molecular formula is C11H8ClNO. The van der Waals surface area contributed by atoms with Gasteiger partial charge in [0.2, 0.25) is 0 Å². The smallest absolute Gasteiger partial charge is 0.277 e. The molecule has 2 aromatic rings. The molecule has 0 aliphatic heterocycles. The molecule has 1 atom stereocenters. The predicted molar refractivity (Wildman–Crippen MR) is 56.2 cm³/mol. The third kappa shape index (κ3) is 1.47. The summed E-state index contributed by atoms with van der Waals surface area (Å²) in [5, 5.41) is 1.63. The van der Waals surface area contributed by atoms with Crippen LogP contribution in [0.15, 0.2) is 28.7 Å². The first-order chi connectivity index (χ1) is 6.70. The van der Waals surface area contributed by atoms with E-state index in [0.29, 0.717) is 10.8 Å². The lowest BCUT2D eigenvalue weighted by Crippen LogP contribution is -1.79. The van der Waals surface area contributed by atoms with Gasteiger partial charge in [0.1, 0.15) is 5.58 Å². The standard InChI is InChI=1S/C11H8ClNO/c1-7(13-2)11-6-8-5-9(12)3-4-10(8)14-11/h3-7H,1H3. The van der Waals surface area contributed by atoms with Crippen molar-refractivity contribution in [3.05, 3.63) is 46.5 Å². The molecule has 0 spiro atoms. The van der Waals surface area contributed by atoms with Gasteiger partial charge >= 0.3 is 0 Å². The molecule has 2 rings (SSSR count). The highest BCUT2D eigenvalue weighted by Crippen LogP contribution is 2.27. The third-order valence-corrected chi connectivity index (χ3v) is 2.34. The lowest BCUT2D eigenvalue weighted by molar-refractivity contribution is 0.536. The van der Waals surface area contributed by atoms with Gasteiger partial charge in [0.25, 0.3) is 6.04 Å². The third-order valence-electron chi connectivity index (χ3n) is 2.10. The van der Waals surface area contributed by atoms with Gasteiger partial charge < -0.3 is 9.26 Å². The Morgan fingerprint density at radius 1 is 1.43 bits per heavy atom. The highest BCUT2D eigenvalue weighted by molar-refractivity contribution is 6.31. The van der Waals surface area contributed by atoms with E-state index in [0.717, 1.165) is 11.0 Å². The number of hydrogen-bond acceptors (Lipinski definition) is 1. The summed E-state index contributed by atoms with van der Waals surface area (Å²) in [6, 6.07) is 7.06. The summed E-state index contributed by atoms with van der Waals surface area (Å²) in [6.07, 6.45) is 0. The topological polar surface area (TPSA) is 17.5 Å². The fourth-order valence-electron chi connectivity index (χ4n) is 1.30. The monoisotopic (exact) mass is 205 g/mol. The molecule has 0 saturated heterocycles. The molecule has 0 bridgehead atoms. The van der Waals surface area contributed by atoms with E-state index in [1.807, 2.05) is 25.1 Å². The molecule has 1 aromatic heterocycles. The van der Waals surface area contributed by atoms with Crippen LogP contribution in [0.25, 0.3) is 15.8 Å². The lowest BCUT2D eigenvalue weighted by Gasteiger charge is -1.90. The molecule has 0 amide bonds. The number of halogens is 1. The maximum Gasteiger partial charge on any atom is 0.277 e. The van der Waals surface area contributed by atoms with Gasteiger partial charge in [0.05, 0.1) is 0 Å². The second-order valence-corrected chi connectivity index (χ2v) is 3.57. The van der Waals surface area contributed by atoms with Crippen LogP contribution in [0.5, 0.6) is 0 Å². The Morgan fingerprint density at radius 3 is 2.93 bits per heavy atom. The molecule has 0 saturated carbocycles. The van der Waals surface area contributed by atoms with Crippen molar-refractivity contribution < 1.29 is 4.42 Å². The number of fused-ring (bicyclic) bond motifs is 1. The van der Waals surface area contributed by atoms with Crippen molar-refractivity contribution in [1.29, 1.82) is 0 Å². The zero-order chi connectivity index (χ0) is 10.1. The first-order valence-corrected chi connectivity index (χ1v) is 4.64. The van der Waals surface area contributed by atoms with E-state index >= 15 is 0 Å². The van der Waals surface area contributed by atoms with Gasteiger partial charge in [-0.1, -0.05) is 11.6 Å². The van der Waals surface area contributed by atoms with Crippen LogP contribution >= 0.6 is 11.6 Å². The van der Waals surface area contributed by atoms with E-state index in [4.69, 9.17) is 22.6 Å². The number of benzene rings is 1. The average Bonchev–Trinajstić information content (AvgIpc) is 2.59. The van der Waals surface area contributed by atoms with Crippen molar-refractivity contribution in [2.24, 2.45) is 0 Å². The van der Waals surface area contributed by atoms with Crippen LogP contribution < -0.4 is 0 Å². The summed E-state index contributed by atoms with van der Waals surface area (Å²) in [5.74, 6) is 0.692. The Balaban J connectivity index is 2.58. The van der Waals surface area contributed by atoms with Crippen LogP contribution in [0, 0.1) is 6.57 Å². The minimum atomic E-state index is -0.235. The van der Waals surface area contributed by atoms with Crippen molar-refractivity contribution in [2.75, 3.05) is 0 Å².